The van der Waals surface area contributed by atoms with E-state index in [1.807, 2.05) is 0 Å². The van der Waals surface area contributed by atoms with Gasteiger partial charge in [0.25, 0.3) is 0 Å². The van der Waals surface area contributed by atoms with Crippen molar-refractivity contribution in [2.45, 2.75) is 23.7 Å². The molecule has 0 aliphatic rings. The van der Waals surface area contributed by atoms with E-state index in [-0.39, 0.29) is 6.54 Å². The Morgan fingerprint density at radius 2 is 1.55 bits per heavy atom. The Kier molecular flexibility index (Phi) is 6.92. The molecule has 0 heterocycles. The molecule has 6 N–H and O–H groups in total. The summed E-state index contributed by atoms with van der Waals surface area (Å²) in [6.07, 6.45) is -2.07. The smallest absolute Gasteiger partial charge is 0.342 e. The second kappa shape index (κ2) is 7.18. The topological polar surface area (TPSA) is 193 Å². The zero-order valence-corrected chi connectivity index (χ0v) is 13.6. The molecular weight excluding hydrogens is 344 g/mol. The van der Waals surface area contributed by atoms with Gasteiger partial charge in [-0.1, -0.05) is 0 Å². The van der Waals surface area contributed by atoms with Gasteiger partial charge in [-0.25, -0.2) is 0 Å². The van der Waals surface area contributed by atoms with Crippen LogP contribution in [0.5, 0.6) is 0 Å². The van der Waals surface area contributed by atoms with Crippen LogP contribution in [-0.4, -0.2) is 78.1 Å². The molecule has 2 unspecified atom stereocenters. The molecule has 0 aromatic rings. The summed E-state index contributed by atoms with van der Waals surface area (Å²) in [7, 11) is -7.74. The average molecular weight is 363 g/mol. The summed E-state index contributed by atoms with van der Waals surface area (Å²) in [5.41, 5.74) is -2.53. The first kappa shape index (κ1) is 21.2. The Hall–Kier alpha value is -0.800. The lowest BCUT2D eigenvalue weighted by molar-refractivity contribution is -0.142. The molecule has 2 atom stereocenters. The van der Waals surface area contributed by atoms with Crippen molar-refractivity contribution >= 4 is 27.1 Å². The number of rotatable bonds is 9. The van der Waals surface area contributed by atoms with E-state index >= 15 is 0 Å². The van der Waals surface area contributed by atoms with E-state index in [9.17, 15) is 33.6 Å². The van der Waals surface area contributed by atoms with Crippen LogP contribution in [0.2, 0.25) is 0 Å². The average Bonchev–Trinajstić information content (AvgIpc) is 2.24. The molecule has 22 heavy (non-hydrogen) atoms. The van der Waals surface area contributed by atoms with Crippen molar-refractivity contribution < 1.29 is 48.5 Å². The summed E-state index contributed by atoms with van der Waals surface area (Å²) in [4.78, 5) is 60.5. The molecule has 0 fully saturated rings. The van der Waals surface area contributed by atoms with Gasteiger partial charge in [-0.2, -0.15) is 0 Å². The Labute approximate surface area is 125 Å². The van der Waals surface area contributed by atoms with Crippen molar-refractivity contribution in [1.82, 2.24) is 4.90 Å². The lowest BCUT2D eigenvalue weighted by atomic mass is 9.97. The van der Waals surface area contributed by atoms with Crippen molar-refractivity contribution in [3.05, 3.63) is 0 Å². The maximum Gasteiger partial charge on any atom is 0.342 e. The van der Waals surface area contributed by atoms with Crippen molar-refractivity contribution in [3.63, 3.8) is 0 Å². The number of carboxylic acid groups (broad SMARTS) is 2. The van der Waals surface area contributed by atoms with Crippen molar-refractivity contribution in [3.8, 4) is 0 Å². The van der Waals surface area contributed by atoms with Gasteiger partial charge in [-0.3, -0.25) is 18.7 Å². The standard InChI is InChI=1S/C9H19NO10P2/c1-10(2)4-3-9(8(13)14,22(18,19)20)5-6(7(11)12)21(15,16)17/h6H,3-5H2,1-2H3,(H,11,12)(H,13,14)(H2,15,16,17)(H2,18,19,20). The van der Waals surface area contributed by atoms with E-state index in [1.54, 1.807) is 0 Å². The van der Waals surface area contributed by atoms with Gasteiger partial charge in [0.1, 0.15) is 0 Å². The maximum absolute atomic E-state index is 11.6. The number of aliphatic carboxylic acids is 2. The molecular formula is C9H19NO10P2. The minimum absolute atomic E-state index is 0.134. The molecule has 130 valence electrons. The molecule has 0 saturated carbocycles. The summed E-state index contributed by atoms with van der Waals surface area (Å²) in [5.74, 6) is -4.04. The fourth-order valence-corrected chi connectivity index (χ4v) is 3.81. The van der Waals surface area contributed by atoms with E-state index in [0.717, 1.165) is 0 Å². The Bertz CT molecular complexity index is 522. The number of hydrogen-bond acceptors (Lipinski definition) is 5. The lowest BCUT2D eigenvalue weighted by Gasteiger charge is -2.33. The second-order valence-electron chi connectivity index (χ2n) is 5.08. The van der Waals surface area contributed by atoms with Gasteiger partial charge >= 0.3 is 27.1 Å². The van der Waals surface area contributed by atoms with E-state index in [1.165, 1.54) is 19.0 Å². The van der Waals surface area contributed by atoms with Crippen LogP contribution < -0.4 is 0 Å². The zero-order valence-electron chi connectivity index (χ0n) is 11.9. The summed E-state index contributed by atoms with van der Waals surface area (Å²) in [6.45, 7) is -0.134. The summed E-state index contributed by atoms with van der Waals surface area (Å²) in [6, 6.07) is 0. The highest BCUT2D eigenvalue weighted by molar-refractivity contribution is 7.55. The monoisotopic (exact) mass is 363 g/mol. The highest BCUT2D eigenvalue weighted by Gasteiger charge is 2.58. The SMILES string of the molecule is CN(C)CCC(CC(C(=O)O)P(=O)(O)O)(C(=O)O)P(=O)(O)O. The van der Waals surface area contributed by atoms with Gasteiger partial charge in [0, 0.05) is 0 Å². The number of carbonyl (C=O) groups is 2. The molecule has 0 spiro atoms. The van der Waals surface area contributed by atoms with Crippen molar-refractivity contribution in [1.29, 1.82) is 0 Å². The van der Waals surface area contributed by atoms with Crippen LogP contribution in [0.15, 0.2) is 0 Å². The first-order chi connectivity index (χ1) is 9.65. The summed E-state index contributed by atoms with van der Waals surface area (Å²) in [5, 5.41) is 15.2. The number of carboxylic acids is 2. The lowest BCUT2D eigenvalue weighted by Crippen LogP contribution is -2.45. The molecule has 0 rings (SSSR count). The normalized spacial score (nSPS) is 17.0. The highest BCUT2D eigenvalue weighted by atomic mass is 31.2. The third-order valence-electron chi connectivity index (χ3n) is 3.15. The summed E-state index contributed by atoms with van der Waals surface area (Å²) >= 11 is 0. The first-order valence-corrected chi connectivity index (χ1v) is 9.16. The minimum atomic E-state index is -5.42. The maximum atomic E-state index is 11.6. The Morgan fingerprint density at radius 3 is 1.77 bits per heavy atom. The fourth-order valence-electron chi connectivity index (χ4n) is 1.76. The van der Waals surface area contributed by atoms with E-state index in [2.05, 4.69) is 0 Å². The largest absolute Gasteiger partial charge is 0.481 e. The minimum Gasteiger partial charge on any atom is -0.481 e. The second-order valence-corrected chi connectivity index (χ2v) is 8.83. The Morgan fingerprint density at radius 1 is 1.09 bits per heavy atom. The fraction of sp³-hybridized carbons (Fsp3) is 0.778. The van der Waals surface area contributed by atoms with E-state index < -0.39 is 50.8 Å². The van der Waals surface area contributed by atoms with E-state index in [0.29, 0.717) is 0 Å². The first-order valence-electron chi connectivity index (χ1n) is 5.87. The molecule has 0 radical (unpaired) electrons. The molecule has 11 nitrogen and oxygen atoms in total. The highest BCUT2D eigenvalue weighted by Crippen LogP contribution is 2.58. The molecule has 0 aromatic heterocycles. The molecule has 0 bridgehead atoms. The van der Waals surface area contributed by atoms with Gasteiger partial charge in [0.15, 0.2) is 10.8 Å². The van der Waals surface area contributed by atoms with Gasteiger partial charge in [0.2, 0.25) is 0 Å². The van der Waals surface area contributed by atoms with Crippen LogP contribution in [0.4, 0.5) is 0 Å². The third kappa shape index (κ3) is 5.13. The van der Waals surface area contributed by atoms with Crippen LogP contribution in [0.25, 0.3) is 0 Å². The number of nitrogens with zero attached hydrogens (tertiary/aromatic N) is 1. The van der Waals surface area contributed by atoms with Gasteiger partial charge in [0.05, 0.1) is 0 Å². The Balaban J connectivity index is 5.95. The molecule has 0 aliphatic heterocycles. The van der Waals surface area contributed by atoms with Gasteiger partial charge in [-0.05, 0) is 33.5 Å². The van der Waals surface area contributed by atoms with Crippen LogP contribution in [0.3, 0.4) is 0 Å². The van der Waals surface area contributed by atoms with Crippen LogP contribution in [0.1, 0.15) is 12.8 Å². The molecule has 0 aliphatic carbocycles. The summed E-state index contributed by atoms with van der Waals surface area (Å²) < 4.78 is 22.8. The quantitative estimate of drug-likeness (QED) is 0.274. The van der Waals surface area contributed by atoms with Crippen LogP contribution in [-0.2, 0) is 18.7 Å². The number of hydrogen-bond donors (Lipinski definition) is 6. The molecule has 0 saturated heterocycles. The zero-order chi connectivity index (χ0) is 17.9. The predicted molar refractivity (Wildman–Crippen MR) is 73.7 cm³/mol. The molecule has 13 heteroatoms. The van der Waals surface area contributed by atoms with Crippen molar-refractivity contribution in [2.24, 2.45) is 0 Å². The van der Waals surface area contributed by atoms with Crippen molar-refractivity contribution in [2.75, 3.05) is 20.6 Å². The van der Waals surface area contributed by atoms with Crippen LogP contribution in [0, 0.1) is 0 Å². The molecule has 0 aromatic carbocycles. The van der Waals surface area contributed by atoms with Gasteiger partial charge in [-0.15, -0.1) is 0 Å². The predicted octanol–water partition coefficient (Wildman–Crippen LogP) is -1.04. The van der Waals surface area contributed by atoms with Gasteiger partial charge < -0.3 is 34.7 Å². The molecule has 0 amide bonds. The van der Waals surface area contributed by atoms with E-state index in [4.69, 9.17) is 14.9 Å². The van der Waals surface area contributed by atoms with Crippen LogP contribution >= 0.6 is 15.2 Å². The third-order valence-corrected chi connectivity index (χ3v) is 6.08.